The minimum Gasteiger partial charge on any atom is -0.385 e. The molecule has 29 heavy (non-hydrogen) atoms. The molecule has 4 N–H and O–H groups in total. The second-order valence-corrected chi connectivity index (χ2v) is 6.27. The standard InChI is InChI=1S/C19H24N6O4/c1-29-11-5-10-24(13-15(26)22-9-8-20)16-17(21)25(19(28)23-18(16)27)12-14-6-3-2-4-7-14/h2-4,6-7H,5,9-13,21H2,1H3,(H,22,26)(H,23,27,28). The molecule has 10 nitrogen and oxygen atoms in total. The Labute approximate surface area is 167 Å². The number of H-pyrrole nitrogens is 1. The summed E-state index contributed by atoms with van der Waals surface area (Å²) in [4.78, 5) is 40.8. The van der Waals surface area contributed by atoms with Crippen LogP contribution in [0.2, 0.25) is 0 Å². The predicted octanol–water partition coefficient (Wildman–Crippen LogP) is -0.350. The first kappa shape index (κ1) is 21.7. The number of hydrogen-bond acceptors (Lipinski definition) is 7. The third-order valence-electron chi connectivity index (χ3n) is 4.19. The number of carbonyl (C=O) groups excluding carboxylic acids is 1. The summed E-state index contributed by atoms with van der Waals surface area (Å²) in [6, 6.07) is 11.0. The molecule has 0 fully saturated rings. The molecule has 2 rings (SSSR count). The highest BCUT2D eigenvalue weighted by atomic mass is 16.5. The van der Waals surface area contributed by atoms with Crippen molar-refractivity contribution in [3.8, 4) is 6.07 Å². The first-order valence-corrected chi connectivity index (χ1v) is 9.02. The van der Waals surface area contributed by atoms with Gasteiger partial charge in [0.25, 0.3) is 5.56 Å². The SMILES string of the molecule is COCCCN(CC(=O)NCC#N)c1c(N)n(Cc2ccccc2)c(=O)[nH]c1=O. The van der Waals surface area contributed by atoms with Crippen LogP contribution < -0.4 is 27.2 Å². The fraction of sp³-hybridized carbons (Fsp3) is 0.368. The van der Waals surface area contributed by atoms with E-state index in [1.807, 2.05) is 36.4 Å². The van der Waals surface area contributed by atoms with Gasteiger partial charge in [-0.1, -0.05) is 30.3 Å². The Morgan fingerprint density at radius 2 is 2.07 bits per heavy atom. The van der Waals surface area contributed by atoms with Gasteiger partial charge in [0.15, 0.2) is 0 Å². The lowest BCUT2D eigenvalue weighted by atomic mass is 10.2. The average Bonchev–Trinajstić information content (AvgIpc) is 2.70. The monoisotopic (exact) mass is 400 g/mol. The van der Waals surface area contributed by atoms with Crippen LogP contribution in [-0.2, 0) is 16.1 Å². The second kappa shape index (κ2) is 10.7. The number of benzene rings is 1. The molecule has 0 saturated carbocycles. The molecule has 1 heterocycles. The summed E-state index contributed by atoms with van der Waals surface area (Å²) >= 11 is 0. The van der Waals surface area contributed by atoms with Crippen LogP contribution in [0.5, 0.6) is 0 Å². The van der Waals surface area contributed by atoms with Gasteiger partial charge in [0, 0.05) is 20.3 Å². The van der Waals surface area contributed by atoms with Crippen molar-refractivity contribution >= 4 is 17.4 Å². The van der Waals surface area contributed by atoms with Crippen molar-refractivity contribution in [1.82, 2.24) is 14.9 Å². The molecule has 0 aliphatic rings. The summed E-state index contributed by atoms with van der Waals surface area (Å²) in [5, 5.41) is 11.1. The van der Waals surface area contributed by atoms with Crippen molar-refractivity contribution in [2.45, 2.75) is 13.0 Å². The van der Waals surface area contributed by atoms with Gasteiger partial charge in [0.1, 0.15) is 18.1 Å². The molecule has 0 atom stereocenters. The normalized spacial score (nSPS) is 10.3. The quantitative estimate of drug-likeness (QED) is 0.365. The summed E-state index contributed by atoms with van der Waals surface area (Å²) in [6.07, 6.45) is 0.527. The van der Waals surface area contributed by atoms with Crippen LogP contribution in [0.1, 0.15) is 12.0 Å². The Kier molecular flexibility index (Phi) is 8.00. The van der Waals surface area contributed by atoms with Crippen LogP contribution in [0.15, 0.2) is 39.9 Å². The number of methoxy groups -OCH3 is 1. The fourth-order valence-corrected chi connectivity index (χ4v) is 2.84. The number of ether oxygens (including phenoxy) is 1. The topological polar surface area (TPSA) is 146 Å². The molecule has 0 unspecified atom stereocenters. The number of hydrogen-bond donors (Lipinski definition) is 3. The Balaban J connectivity index is 2.41. The molecule has 1 aromatic carbocycles. The molecule has 1 aromatic heterocycles. The van der Waals surface area contributed by atoms with Crippen molar-refractivity contribution in [3.63, 3.8) is 0 Å². The summed E-state index contributed by atoms with van der Waals surface area (Å²) in [5.74, 6) is -0.475. The van der Waals surface area contributed by atoms with Gasteiger partial charge in [-0.3, -0.25) is 19.1 Å². The summed E-state index contributed by atoms with van der Waals surface area (Å²) in [7, 11) is 1.55. The number of carbonyl (C=O) groups is 1. The second-order valence-electron chi connectivity index (χ2n) is 6.27. The summed E-state index contributed by atoms with van der Waals surface area (Å²) < 4.78 is 6.29. The molecule has 0 bridgehead atoms. The number of aromatic nitrogens is 2. The average molecular weight is 400 g/mol. The number of nitrogens with one attached hydrogen (secondary N) is 2. The van der Waals surface area contributed by atoms with E-state index in [2.05, 4.69) is 10.3 Å². The van der Waals surface area contributed by atoms with Crippen molar-refractivity contribution in [3.05, 3.63) is 56.7 Å². The van der Waals surface area contributed by atoms with Gasteiger partial charge in [0.2, 0.25) is 5.91 Å². The molecule has 1 amide bonds. The van der Waals surface area contributed by atoms with Gasteiger partial charge < -0.3 is 20.7 Å². The van der Waals surface area contributed by atoms with Gasteiger partial charge in [-0.15, -0.1) is 0 Å². The zero-order chi connectivity index (χ0) is 21.2. The Bertz CT molecular complexity index is 977. The largest absolute Gasteiger partial charge is 0.385 e. The third kappa shape index (κ3) is 5.95. The van der Waals surface area contributed by atoms with Crippen molar-refractivity contribution in [1.29, 1.82) is 5.26 Å². The molecule has 0 radical (unpaired) electrons. The van der Waals surface area contributed by atoms with Crippen molar-refractivity contribution in [2.75, 3.05) is 44.0 Å². The smallest absolute Gasteiger partial charge is 0.330 e. The lowest BCUT2D eigenvalue weighted by Gasteiger charge is -2.25. The lowest BCUT2D eigenvalue weighted by Crippen LogP contribution is -2.43. The van der Waals surface area contributed by atoms with Gasteiger partial charge in [-0.2, -0.15) is 5.26 Å². The van der Waals surface area contributed by atoms with E-state index in [0.717, 1.165) is 5.56 Å². The Morgan fingerprint density at radius 3 is 2.72 bits per heavy atom. The fourth-order valence-electron chi connectivity index (χ4n) is 2.84. The van der Waals surface area contributed by atoms with Crippen LogP contribution in [0.25, 0.3) is 0 Å². The third-order valence-corrected chi connectivity index (χ3v) is 4.19. The van der Waals surface area contributed by atoms with Gasteiger partial charge in [0.05, 0.1) is 19.2 Å². The van der Waals surface area contributed by atoms with Crippen molar-refractivity contribution < 1.29 is 9.53 Å². The summed E-state index contributed by atoms with van der Waals surface area (Å²) in [5.41, 5.74) is 5.75. The number of aromatic amines is 1. The highest BCUT2D eigenvalue weighted by molar-refractivity contribution is 5.82. The summed E-state index contributed by atoms with van der Waals surface area (Å²) in [6.45, 7) is 0.538. The molecule has 0 saturated heterocycles. The van der Waals surface area contributed by atoms with E-state index in [9.17, 15) is 14.4 Å². The van der Waals surface area contributed by atoms with E-state index in [0.29, 0.717) is 19.6 Å². The first-order valence-electron chi connectivity index (χ1n) is 9.02. The van der Waals surface area contributed by atoms with Crippen LogP contribution in [0.4, 0.5) is 11.5 Å². The van der Waals surface area contributed by atoms with Crippen LogP contribution in [-0.4, -0.2) is 48.8 Å². The Hall–Kier alpha value is -3.58. The molecule has 0 aliphatic heterocycles. The first-order chi connectivity index (χ1) is 14.0. The molecular weight excluding hydrogens is 376 g/mol. The van der Waals surface area contributed by atoms with E-state index >= 15 is 0 Å². The molecule has 154 valence electrons. The molecule has 10 heteroatoms. The maximum Gasteiger partial charge on any atom is 0.330 e. The Morgan fingerprint density at radius 1 is 1.34 bits per heavy atom. The van der Waals surface area contributed by atoms with Crippen LogP contribution in [0, 0.1) is 11.3 Å². The molecule has 2 aromatic rings. The number of nitriles is 1. The van der Waals surface area contributed by atoms with E-state index < -0.39 is 17.2 Å². The number of rotatable bonds is 10. The number of amides is 1. The number of nitrogens with zero attached hydrogens (tertiary/aromatic N) is 3. The van der Waals surface area contributed by atoms with E-state index in [1.54, 1.807) is 7.11 Å². The maximum absolute atomic E-state index is 12.5. The molecule has 0 aliphatic carbocycles. The highest BCUT2D eigenvalue weighted by Gasteiger charge is 2.21. The predicted molar refractivity (Wildman–Crippen MR) is 109 cm³/mol. The van der Waals surface area contributed by atoms with E-state index in [1.165, 1.54) is 9.47 Å². The number of anilines is 2. The molecule has 0 spiro atoms. The van der Waals surface area contributed by atoms with Gasteiger partial charge in [-0.25, -0.2) is 4.79 Å². The molecular formula is C19H24N6O4. The highest BCUT2D eigenvalue weighted by Crippen LogP contribution is 2.18. The van der Waals surface area contributed by atoms with Crippen molar-refractivity contribution in [2.24, 2.45) is 0 Å². The number of nitrogens with two attached hydrogens (primary N) is 1. The number of nitrogen functional groups attached to an aromatic ring is 1. The van der Waals surface area contributed by atoms with E-state index in [-0.39, 0.29) is 31.1 Å². The van der Waals surface area contributed by atoms with Crippen LogP contribution >= 0.6 is 0 Å². The van der Waals surface area contributed by atoms with Crippen LogP contribution in [0.3, 0.4) is 0 Å². The van der Waals surface area contributed by atoms with Gasteiger partial charge >= 0.3 is 5.69 Å². The zero-order valence-corrected chi connectivity index (χ0v) is 16.2. The van der Waals surface area contributed by atoms with Gasteiger partial charge in [-0.05, 0) is 12.0 Å². The van der Waals surface area contributed by atoms with E-state index in [4.69, 9.17) is 15.7 Å². The zero-order valence-electron chi connectivity index (χ0n) is 16.2. The maximum atomic E-state index is 12.5. The minimum absolute atomic E-state index is 0.0312. The minimum atomic E-state index is -0.678. The lowest BCUT2D eigenvalue weighted by molar-refractivity contribution is -0.119.